The summed E-state index contributed by atoms with van der Waals surface area (Å²) >= 11 is 7.49. The second kappa shape index (κ2) is 6.69. The number of thiophene rings is 1. The van der Waals surface area contributed by atoms with Gasteiger partial charge in [-0.15, -0.1) is 11.3 Å². The molecule has 0 spiro atoms. The molecule has 0 aliphatic rings. The molecule has 0 bridgehead atoms. The first kappa shape index (κ1) is 15.5. The lowest BCUT2D eigenvalue weighted by Crippen LogP contribution is -2.25. The highest BCUT2D eigenvalue weighted by atomic mass is 35.5. The molecule has 0 fully saturated rings. The predicted molar refractivity (Wildman–Crippen MR) is 80.6 cm³/mol. The number of aliphatic hydroxyl groups excluding tert-OH is 1. The molecule has 20 heavy (non-hydrogen) atoms. The lowest BCUT2D eigenvalue weighted by atomic mass is 10.2. The molecule has 0 atom stereocenters. The van der Waals surface area contributed by atoms with Gasteiger partial charge in [0.15, 0.2) is 0 Å². The summed E-state index contributed by atoms with van der Waals surface area (Å²) < 4.78 is 26.7. The molecule has 0 aliphatic carbocycles. The largest absolute Gasteiger partial charge is 0.392 e. The molecule has 0 aliphatic heterocycles. The lowest BCUT2D eigenvalue weighted by molar-refractivity contribution is 0.282. The number of benzene rings is 1. The summed E-state index contributed by atoms with van der Waals surface area (Å²) in [6.45, 7) is 0.118. The Morgan fingerprint density at radius 3 is 2.70 bits per heavy atom. The average Bonchev–Trinajstić information content (AvgIpc) is 2.91. The minimum Gasteiger partial charge on any atom is -0.392 e. The van der Waals surface area contributed by atoms with E-state index in [0.29, 0.717) is 18.5 Å². The summed E-state index contributed by atoms with van der Waals surface area (Å²) in [4.78, 5) is 1.23. The van der Waals surface area contributed by atoms with Gasteiger partial charge in [-0.3, -0.25) is 0 Å². The van der Waals surface area contributed by atoms with E-state index in [2.05, 4.69) is 4.72 Å². The van der Waals surface area contributed by atoms with Gasteiger partial charge < -0.3 is 5.11 Å². The first-order valence-corrected chi connectivity index (χ1v) is 8.68. The van der Waals surface area contributed by atoms with E-state index < -0.39 is 10.0 Å². The van der Waals surface area contributed by atoms with Gasteiger partial charge in [0.2, 0.25) is 10.0 Å². The molecular weight excluding hydrogens is 318 g/mol. The summed E-state index contributed by atoms with van der Waals surface area (Å²) in [5.41, 5.74) is 0.504. The van der Waals surface area contributed by atoms with Crippen LogP contribution in [-0.2, 0) is 23.1 Å². The fraction of sp³-hybridized carbons (Fsp3) is 0.231. The number of halogens is 1. The van der Waals surface area contributed by atoms with Crippen LogP contribution >= 0.6 is 22.9 Å². The Bertz CT molecular complexity index is 669. The van der Waals surface area contributed by atoms with Crippen molar-refractivity contribution in [3.05, 3.63) is 51.2 Å². The first-order chi connectivity index (χ1) is 9.53. The monoisotopic (exact) mass is 331 g/mol. The molecule has 0 unspecified atom stereocenters. The first-order valence-electron chi connectivity index (χ1n) is 5.94. The molecule has 7 heteroatoms. The molecule has 1 aromatic carbocycles. The third-order valence-electron chi connectivity index (χ3n) is 2.75. The maximum absolute atomic E-state index is 12.1. The second-order valence-corrected chi connectivity index (χ2v) is 7.34. The molecule has 0 saturated heterocycles. The zero-order chi connectivity index (χ0) is 14.6. The van der Waals surface area contributed by atoms with E-state index in [1.54, 1.807) is 11.3 Å². The third-order valence-corrected chi connectivity index (χ3v) is 5.50. The lowest BCUT2D eigenvalue weighted by Gasteiger charge is -2.08. The van der Waals surface area contributed by atoms with Gasteiger partial charge in [0, 0.05) is 16.4 Å². The van der Waals surface area contributed by atoms with Crippen LogP contribution in [0.1, 0.15) is 10.4 Å². The smallest absolute Gasteiger partial charge is 0.240 e. The quantitative estimate of drug-likeness (QED) is 0.854. The summed E-state index contributed by atoms with van der Waals surface area (Å²) in [6.07, 6.45) is 0.652. The summed E-state index contributed by atoms with van der Waals surface area (Å²) in [5, 5.41) is 11.2. The van der Waals surface area contributed by atoms with E-state index in [4.69, 9.17) is 16.7 Å². The van der Waals surface area contributed by atoms with Crippen LogP contribution in [0.15, 0.2) is 40.6 Å². The van der Waals surface area contributed by atoms with Crippen LogP contribution in [0.25, 0.3) is 0 Å². The minimum atomic E-state index is -3.57. The Labute approximate surface area is 127 Å². The minimum absolute atomic E-state index is 0.103. The van der Waals surface area contributed by atoms with Gasteiger partial charge in [-0.1, -0.05) is 23.7 Å². The molecule has 0 radical (unpaired) electrons. The topological polar surface area (TPSA) is 66.4 Å². The molecule has 1 aromatic heterocycles. The van der Waals surface area contributed by atoms with E-state index in [1.807, 2.05) is 17.5 Å². The van der Waals surface area contributed by atoms with Gasteiger partial charge in [-0.25, -0.2) is 13.1 Å². The molecule has 108 valence electrons. The van der Waals surface area contributed by atoms with Crippen molar-refractivity contribution in [2.45, 2.75) is 17.9 Å². The van der Waals surface area contributed by atoms with Crippen molar-refractivity contribution >= 4 is 33.0 Å². The second-order valence-electron chi connectivity index (χ2n) is 4.14. The predicted octanol–water partition coefficient (Wildman–Crippen LogP) is 2.41. The van der Waals surface area contributed by atoms with Crippen LogP contribution < -0.4 is 4.72 Å². The highest BCUT2D eigenvalue weighted by molar-refractivity contribution is 7.89. The Kier molecular flexibility index (Phi) is 5.17. The van der Waals surface area contributed by atoms with Gasteiger partial charge in [-0.05, 0) is 35.6 Å². The van der Waals surface area contributed by atoms with Crippen molar-refractivity contribution in [1.82, 2.24) is 4.72 Å². The van der Waals surface area contributed by atoms with Crippen LogP contribution in [0.4, 0.5) is 0 Å². The van der Waals surface area contributed by atoms with Crippen molar-refractivity contribution in [3.63, 3.8) is 0 Å². The molecule has 0 saturated carbocycles. The number of nitrogens with one attached hydrogen (secondary N) is 1. The number of aliphatic hydroxyl groups is 1. The van der Waals surface area contributed by atoms with Gasteiger partial charge >= 0.3 is 0 Å². The van der Waals surface area contributed by atoms with Crippen molar-refractivity contribution in [2.75, 3.05) is 6.54 Å². The highest BCUT2D eigenvalue weighted by Gasteiger charge is 2.15. The molecule has 0 amide bonds. The Balaban J connectivity index is 2.04. The molecule has 4 nitrogen and oxygen atoms in total. The molecule has 2 rings (SSSR count). The zero-order valence-corrected chi connectivity index (χ0v) is 12.9. The average molecular weight is 332 g/mol. The van der Waals surface area contributed by atoms with Crippen LogP contribution in [0.3, 0.4) is 0 Å². The van der Waals surface area contributed by atoms with Crippen molar-refractivity contribution in [1.29, 1.82) is 0 Å². The maximum atomic E-state index is 12.1. The standard InChI is InChI=1S/C13H14ClNO3S2/c14-13-8-12(4-3-10(13)9-16)20(17,18)15-6-5-11-2-1-7-19-11/h1-4,7-8,15-16H,5-6,9H2. The summed E-state index contributed by atoms with van der Waals surface area (Å²) in [6, 6.07) is 8.19. The third kappa shape index (κ3) is 3.80. The van der Waals surface area contributed by atoms with Gasteiger partial charge in [-0.2, -0.15) is 0 Å². The van der Waals surface area contributed by atoms with Crippen LogP contribution in [0.2, 0.25) is 5.02 Å². The number of hydrogen-bond acceptors (Lipinski definition) is 4. The molecule has 1 heterocycles. The Morgan fingerprint density at radius 2 is 2.10 bits per heavy atom. The number of rotatable bonds is 6. The highest BCUT2D eigenvalue weighted by Crippen LogP contribution is 2.20. The fourth-order valence-corrected chi connectivity index (χ4v) is 3.74. The molecule has 2 aromatic rings. The van der Waals surface area contributed by atoms with Crippen LogP contribution in [0, 0.1) is 0 Å². The van der Waals surface area contributed by atoms with Crippen molar-refractivity contribution < 1.29 is 13.5 Å². The van der Waals surface area contributed by atoms with Gasteiger partial charge in [0.05, 0.1) is 11.5 Å². The van der Waals surface area contributed by atoms with E-state index in [1.165, 1.54) is 18.2 Å². The van der Waals surface area contributed by atoms with Crippen molar-refractivity contribution in [2.24, 2.45) is 0 Å². The van der Waals surface area contributed by atoms with Crippen LogP contribution in [-0.4, -0.2) is 20.1 Å². The van der Waals surface area contributed by atoms with E-state index >= 15 is 0 Å². The van der Waals surface area contributed by atoms with E-state index in [-0.39, 0.29) is 16.5 Å². The van der Waals surface area contributed by atoms with Crippen molar-refractivity contribution in [3.8, 4) is 0 Å². The number of hydrogen-bond donors (Lipinski definition) is 2. The van der Waals surface area contributed by atoms with Gasteiger partial charge in [0.25, 0.3) is 0 Å². The maximum Gasteiger partial charge on any atom is 0.240 e. The Morgan fingerprint density at radius 1 is 1.30 bits per heavy atom. The van der Waals surface area contributed by atoms with Crippen LogP contribution in [0.5, 0.6) is 0 Å². The SMILES string of the molecule is O=S(=O)(NCCc1cccs1)c1ccc(CO)c(Cl)c1. The normalized spacial score (nSPS) is 11.7. The Hall–Kier alpha value is -0.920. The molecular formula is C13H14ClNO3S2. The summed E-state index contributed by atoms with van der Waals surface area (Å²) in [7, 11) is -3.57. The fourth-order valence-electron chi connectivity index (χ4n) is 1.67. The summed E-state index contributed by atoms with van der Waals surface area (Å²) in [5.74, 6) is 0. The van der Waals surface area contributed by atoms with E-state index in [0.717, 1.165) is 4.88 Å². The molecule has 2 N–H and O–H groups in total. The van der Waals surface area contributed by atoms with E-state index in [9.17, 15) is 8.42 Å². The van der Waals surface area contributed by atoms with Gasteiger partial charge in [0.1, 0.15) is 0 Å². The number of sulfonamides is 1. The zero-order valence-electron chi connectivity index (χ0n) is 10.5.